The van der Waals surface area contributed by atoms with Crippen molar-refractivity contribution in [1.82, 2.24) is 9.38 Å². The lowest BCUT2D eigenvalue weighted by Crippen LogP contribution is -2.28. The van der Waals surface area contributed by atoms with Crippen molar-refractivity contribution in [3.8, 4) is 0 Å². The molecule has 2 aromatic carbocycles. The molecule has 0 bridgehead atoms. The lowest BCUT2D eigenvalue weighted by Gasteiger charge is -2.17. The van der Waals surface area contributed by atoms with E-state index in [0.29, 0.717) is 17.7 Å². The molecule has 7 heteroatoms. The highest BCUT2D eigenvalue weighted by atomic mass is 32.2. The van der Waals surface area contributed by atoms with Crippen molar-refractivity contribution < 1.29 is 14.3 Å². The molecule has 0 unspecified atom stereocenters. The Morgan fingerprint density at radius 1 is 1.06 bits per heavy atom. The third-order valence-electron chi connectivity index (χ3n) is 5.54. The van der Waals surface area contributed by atoms with Gasteiger partial charge >= 0.3 is 5.97 Å². The normalized spacial score (nSPS) is 12.7. The zero-order valence-electron chi connectivity index (χ0n) is 17.5. The molecule has 0 radical (unpaired) electrons. The van der Waals surface area contributed by atoms with Crippen molar-refractivity contribution >= 4 is 35.0 Å². The molecule has 0 N–H and O–H groups in total. The minimum absolute atomic E-state index is 0.0357. The second-order valence-electron chi connectivity index (χ2n) is 7.55. The van der Waals surface area contributed by atoms with Crippen LogP contribution >= 0.6 is 11.8 Å². The largest absolute Gasteiger partial charge is 0.465 e. The Balaban J connectivity index is 1.26. The quantitative estimate of drug-likeness (QED) is 0.333. The van der Waals surface area contributed by atoms with Gasteiger partial charge in [-0.1, -0.05) is 6.07 Å². The van der Waals surface area contributed by atoms with Crippen LogP contribution in [0.5, 0.6) is 0 Å². The number of aromatic nitrogens is 2. The molecule has 1 amide bonds. The van der Waals surface area contributed by atoms with Crippen LogP contribution in [-0.4, -0.2) is 34.9 Å². The number of anilines is 1. The van der Waals surface area contributed by atoms with Crippen LogP contribution in [0.3, 0.4) is 0 Å². The highest BCUT2D eigenvalue weighted by Gasteiger charge is 2.26. The molecule has 3 heterocycles. The van der Waals surface area contributed by atoms with Crippen LogP contribution in [0.25, 0.3) is 5.65 Å². The van der Waals surface area contributed by atoms with E-state index in [9.17, 15) is 9.59 Å². The Morgan fingerprint density at radius 3 is 2.66 bits per heavy atom. The van der Waals surface area contributed by atoms with Crippen LogP contribution in [-0.2, 0) is 16.9 Å². The molecule has 4 aromatic rings. The van der Waals surface area contributed by atoms with E-state index in [1.165, 1.54) is 7.11 Å². The highest BCUT2D eigenvalue weighted by Crippen LogP contribution is 2.31. The second kappa shape index (κ2) is 8.51. The Labute approximate surface area is 189 Å². The molecule has 160 valence electrons. The third kappa shape index (κ3) is 3.87. The smallest absolute Gasteiger partial charge is 0.337 e. The van der Waals surface area contributed by atoms with Gasteiger partial charge in [0, 0.05) is 40.8 Å². The Kier molecular flexibility index (Phi) is 5.41. The summed E-state index contributed by atoms with van der Waals surface area (Å²) in [5.41, 5.74) is 4.95. The summed E-state index contributed by atoms with van der Waals surface area (Å²) in [6.45, 7) is 0.600. The molecule has 0 aliphatic carbocycles. The molecule has 32 heavy (non-hydrogen) atoms. The minimum Gasteiger partial charge on any atom is -0.465 e. The molecule has 0 fully saturated rings. The summed E-state index contributed by atoms with van der Waals surface area (Å²) in [6.07, 6.45) is 4.75. The fourth-order valence-corrected chi connectivity index (χ4v) is 4.70. The van der Waals surface area contributed by atoms with Crippen LogP contribution in [0.2, 0.25) is 0 Å². The summed E-state index contributed by atoms with van der Waals surface area (Å²) in [7, 11) is 1.37. The highest BCUT2D eigenvalue weighted by molar-refractivity contribution is 7.98. The average Bonchev–Trinajstić information content (AvgIpc) is 3.45. The van der Waals surface area contributed by atoms with Crippen molar-refractivity contribution in [2.24, 2.45) is 0 Å². The van der Waals surface area contributed by atoms with Crippen molar-refractivity contribution in [3.05, 3.63) is 95.4 Å². The summed E-state index contributed by atoms with van der Waals surface area (Å²) >= 11 is 1.69. The molecule has 1 aliphatic heterocycles. The van der Waals surface area contributed by atoms with Gasteiger partial charge in [-0.05, 0) is 66.6 Å². The third-order valence-corrected chi connectivity index (χ3v) is 6.59. The Morgan fingerprint density at radius 2 is 1.88 bits per heavy atom. The number of amides is 1. The summed E-state index contributed by atoms with van der Waals surface area (Å²) in [4.78, 5) is 32.3. The first-order chi connectivity index (χ1) is 15.6. The van der Waals surface area contributed by atoms with Crippen molar-refractivity contribution in [2.75, 3.05) is 18.6 Å². The number of hydrogen-bond donors (Lipinski definition) is 0. The number of fused-ring (bicyclic) bond motifs is 2. The molecular formula is C25H21N3O3S. The van der Waals surface area contributed by atoms with Crippen LogP contribution in [0.1, 0.15) is 32.0 Å². The first-order valence-electron chi connectivity index (χ1n) is 10.3. The average molecular weight is 444 g/mol. The molecule has 6 nitrogen and oxygen atoms in total. The summed E-state index contributed by atoms with van der Waals surface area (Å²) in [5.74, 6) is 0.359. The van der Waals surface area contributed by atoms with Crippen molar-refractivity contribution in [1.29, 1.82) is 0 Å². The monoisotopic (exact) mass is 443 g/mol. The van der Waals surface area contributed by atoms with Crippen LogP contribution in [0, 0.1) is 0 Å². The van der Waals surface area contributed by atoms with E-state index in [2.05, 4.69) is 4.98 Å². The number of carbonyl (C=O) groups excluding carboxylic acids is 2. The number of ether oxygens (including phenoxy) is 1. The number of benzene rings is 2. The van der Waals surface area contributed by atoms with Crippen molar-refractivity contribution in [3.63, 3.8) is 0 Å². The van der Waals surface area contributed by atoms with Crippen LogP contribution in [0.15, 0.2) is 78.0 Å². The van der Waals surface area contributed by atoms with E-state index in [4.69, 9.17) is 4.74 Å². The van der Waals surface area contributed by atoms with Crippen molar-refractivity contribution in [2.45, 2.75) is 17.1 Å². The number of hydrogen-bond acceptors (Lipinski definition) is 5. The van der Waals surface area contributed by atoms with Gasteiger partial charge in [-0.25, -0.2) is 9.78 Å². The van der Waals surface area contributed by atoms with E-state index in [1.54, 1.807) is 22.7 Å². The van der Waals surface area contributed by atoms with Gasteiger partial charge in [0.1, 0.15) is 5.65 Å². The van der Waals surface area contributed by atoms with Gasteiger partial charge < -0.3 is 14.0 Å². The molecular weight excluding hydrogens is 422 g/mol. The summed E-state index contributed by atoms with van der Waals surface area (Å²) < 4.78 is 6.80. The fraction of sp³-hybridized carbons (Fsp3) is 0.160. The van der Waals surface area contributed by atoms with Gasteiger partial charge in [0.15, 0.2) is 0 Å². The summed E-state index contributed by atoms with van der Waals surface area (Å²) in [5, 5.41) is 0. The molecule has 2 aromatic heterocycles. The number of esters is 1. The van der Waals surface area contributed by atoms with Crippen LogP contribution in [0.4, 0.5) is 5.69 Å². The molecule has 0 spiro atoms. The topological polar surface area (TPSA) is 63.9 Å². The first kappa shape index (κ1) is 20.3. The zero-order valence-corrected chi connectivity index (χ0v) is 18.3. The number of imidazole rings is 1. The van der Waals surface area contributed by atoms with E-state index in [0.717, 1.165) is 39.7 Å². The minimum atomic E-state index is -0.366. The molecule has 0 atom stereocenters. The van der Waals surface area contributed by atoms with E-state index >= 15 is 0 Å². The van der Waals surface area contributed by atoms with E-state index < -0.39 is 0 Å². The van der Waals surface area contributed by atoms with Gasteiger partial charge in [-0.3, -0.25) is 4.79 Å². The standard InChI is InChI=1S/C25H21N3O3S/c1-31-25(30)19-7-10-22-18(14-19)11-13-28(22)24(29)17-5-8-21(9-6-17)32-16-20-15-27-12-3-2-4-23(27)26-20/h2-10,12,14-15H,11,13,16H2,1H3. The lowest BCUT2D eigenvalue weighted by atomic mass is 10.1. The molecule has 0 saturated heterocycles. The van der Waals surface area contributed by atoms with Gasteiger partial charge in [0.05, 0.1) is 18.4 Å². The Bertz CT molecular complexity index is 1280. The number of nitrogens with zero attached hydrogens (tertiary/aromatic N) is 3. The second-order valence-corrected chi connectivity index (χ2v) is 8.60. The molecule has 1 aliphatic rings. The van der Waals surface area contributed by atoms with Gasteiger partial charge in [-0.15, -0.1) is 11.8 Å². The maximum atomic E-state index is 13.1. The zero-order chi connectivity index (χ0) is 22.1. The number of thioether (sulfide) groups is 1. The SMILES string of the molecule is COC(=O)c1ccc2c(c1)CCN2C(=O)c1ccc(SCc2cn3ccccc3n2)cc1. The molecule has 5 rings (SSSR count). The number of methoxy groups -OCH3 is 1. The maximum Gasteiger partial charge on any atom is 0.337 e. The number of rotatable bonds is 5. The summed E-state index contributed by atoms with van der Waals surface area (Å²) in [6, 6.07) is 19.0. The van der Waals surface area contributed by atoms with Gasteiger partial charge in [-0.2, -0.15) is 0 Å². The predicted molar refractivity (Wildman–Crippen MR) is 124 cm³/mol. The predicted octanol–water partition coefficient (Wildman–Crippen LogP) is 4.62. The molecule has 0 saturated carbocycles. The van der Waals surface area contributed by atoms with E-state index in [-0.39, 0.29) is 11.9 Å². The fourth-order valence-electron chi connectivity index (χ4n) is 3.92. The Hall–Kier alpha value is -3.58. The van der Waals surface area contributed by atoms with Crippen LogP contribution < -0.4 is 4.90 Å². The first-order valence-corrected chi connectivity index (χ1v) is 11.3. The lowest BCUT2D eigenvalue weighted by molar-refractivity contribution is 0.0600. The van der Waals surface area contributed by atoms with E-state index in [1.807, 2.05) is 71.4 Å². The van der Waals surface area contributed by atoms with Gasteiger partial charge in [0.25, 0.3) is 5.91 Å². The number of pyridine rings is 1. The van der Waals surface area contributed by atoms with Gasteiger partial charge in [0.2, 0.25) is 0 Å². The maximum absolute atomic E-state index is 13.1. The number of carbonyl (C=O) groups is 2.